The maximum Gasteiger partial charge on any atom is 0.336 e. The van der Waals surface area contributed by atoms with E-state index in [2.05, 4.69) is 10.1 Å². The van der Waals surface area contributed by atoms with Gasteiger partial charge in [0.2, 0.25) is 0 Å². The predicted octanol–water partition coefficient (Wildman–Crippen LogP) is 3.48. The fraction of sp³-hybridized carbons (Fsp3) is 0.400. The van der Waals surface area contributed by atoms with Crippen molar-refractivity contribution in [3.8, 4) is 11.5 Å². The third-order valence-electron chi connectivity index (χ3n) is 3.80. The zero-order chi connectivity index (χ0) is 13.9. The van der Waals surface area contributed by atoms with E-state index in [9.17, 15) is 9.90 Å². The number of hydrogen-bond acceptors (Lipinski definition) is 4. The van der Waals surface area contributed by atoms with E-state index in [1.54, 1.807) is 24.3 Å². The van der Waals surface area contributed by atoms with Crippen molar-refractivity contribution < 1.29 is 14.4 Å². The molecule has 0 spiro atoms. The smallest absolute Gasteiger partial charge is 0.336 e. The lowest BCUT2D eigenvalue weighted by Crippen LogP contribution is -2.06. The fourth-order valence-electron chi connectivity index (χ4n) is 2.73. The molecule has 5 heteroatoms. The first kappa shape index (κ1) is 12.8. The van der Waals surface area contributed by atoms with Crippen LogP contribution in [0.25, 0.3) is 11.5 Å². The van der Waals surface area contributed by atoms with Gasteiger partial charge in [-0.25, -0.2) is 4.79 Å². The molecule has 20 heavy (non-hydrogen) atoms. The zero-order valence-electron chi connectivity index (χ0n) is 11.1. The van der Waals surface area contributed by atoms with Crippen molar-refractivity contribution in [2.75, 3.05) is 0 Å². The van der Waals surface area contributed by atoms with E-state index < -0.39 is 5.97 Å². The molecule has 3 rings (SSSR count). The number of hydrogen-bond donors (Lipinski definition) is 1. The summed E-state index contributed by atoms with van der Waals surface area (Å²) in [6, 6.07) is 6.70. The van der Waals surface area contributed by atoms with E-state index in [0.717, 1.165) is 12.8 Å². The molecule has 0 aliphatic heterocycles. The SMILES string of the molecule is O=C(O)c1ccccc1-c1nc(C2CCCCC2)no1. The average Bonchev–Trinajstić information content (AvgIpc) is 2.98. The van der Waals surface area contributed by atoms with Crippen LogP contribution in [0.2, 0.25) is 0 Å². The maximum atomic E-state index is 11.2. The normalized spacial score (nSPS) is 16.2. The van der Waals surface area contributed by atoms with Crippen molar-refractivity contribution in [2.24, 2.45) is 0 Å². The second-order valence-electron chi connectivity index (χ2n) is 5.14. The molecule has 0 bridgehead atoms. The van der Waals surface area contributed by atoms with Crippen LogP contribution < -0.4 is 0 Å². The van der Waals surface area contributed by atoms with Crippen LogP contribution in [-0.4, -0.2) is 21.2 Å². The highest BCUT2D eigenvalue weighted by Gasteiger charge is 2.23. The quantitative estimate of drug-likeness (QED) is 0.925. The highest BCUT2D eigenvalue weighted by molar-refractivity contribution is 5.94. The Morgan fingerprint density at radius 1 is 1.20 bits per heavy atom. The number of rotatable bonds is 3. The molecule has 0 radical (unpaired) electrons. The minimum absolute atomic E-state index is 0.186. The van der Waals surface area contributed by atoms with Crippen molar-refractivity contribution in [2.45, 2.75) is 38.0 Å². The summed E-state index contributed by atoms with van der Waals surface area (Å²) in [6.07, 6.45) is 5.82. The van der Waals surface area contributed by atoms with Crippen LogP contribution in [0.5, 0.6) is 0 Å². The number of carboxylic acid groups (broad SMARTS) is 1. The highest BCUT2D eigenvalue weighted by Crippen LogP contribution is 2.32. The van der Waals surface area contributed by atoms with Crippen LogP contribution in [0.4, 0.5) is 0 Å². The molecule has 1 aliphatic carbocycles. The Hall–Kier alpha value is -2.17. The van der Waals surface area contributed by atoms with Crippen LogP contribution in [0.1, 0.15) is 54.2 Å². The minimum atomic E-state index is -0.988. The van der Waals surface area contributed by atoms with E-state index in [-0.39, 0.29) is 5.56 Å². The van der Waals surface area contributed by atoms with Crippen molar-refractivity contribution in [1.29, 1.82) is 0 Å². The lowest BCUT2D eigenvalue weighted by atomic mass is 9.89. The predicted molar refractivity (Wildman–Crippen MR) is 72.5 cm³/mol. The third kappa shape index (κ3) is 2.43. The molecule has 0 saturated heterocycles. The Morgan fingerprint density at radius 2 is 1.95 bits per heavy atom. The summed E-state index contributed by atoms with van der Waals surface area (Å²) in [5.74, 6) is 0.361. The van der Waals surface area contributed by atoms with Crippen LogP contribution in [-0.2, 0) is 0 Å². The molecule has 104 valence electrons. The molecule has 1 N–H and O–H groups in total. The Morgan fingerprint density at radius 3 is 2.70 bits per heavy atom. The van der Waals surface area contributed by atoms with Gasteiger partial charge in [0.1, 0.15) is 0 Å². The van der Waals surface area contributed by atoms with Gasteiger partial charge in [0.25, 0.3) is 5.89 Å². The molecule has 1 saturated carbocycles. The lowest BCUT2D eigenvalue weighted by molar-refractivity contribution is 0.0697. The maximum absolute atomic E-state index is 11.2. The summed E-state index contributed by atoms with van der Waals surface area (Å²) in [4.78, 5) is 15.6. The first-order chi connectivity index (χ1) is 9.75. The zero-order valence-corrected chi connectivity index (χ0v) is 11.1. The summed E-state index contributed by atoms with van der Waals surface area (Å²) in [7, 11) is 0. The second kappa shape index (κ2) is 5.45. The highest BCUT2D eigenvalue weighted by atomic mass is 16.5. The van der Waals surface area contributed by atoms with Gasteiger partial charge >= 0.3 is 5.97 Å². The number of carbonyl (C=O) groups is 1. The summed E-state index contributed by atoms with van der Waals surface area (Å²) >= 11 is 0. The van der Waals surface area contributed by atoms with Gasteiger partial charge in [-0.2, -0.15) is 4.98 Å². The van der Waals surface area contributed by atoms with Crippen molar-refractivity contribution in [3.05, 3.63) is 35.7 Å². The monoisotopic (exact) mass is 272 g/mol. The Bertz CT molecular complexity index is 615. The van der Waals surface area contributed by atoms with Gasteiger partial charge in [0.15, 0.2) is 5.82 Å². The van der Waals surface area contributed by atoms with Gasteiger partial charge in [-0.3, -0.25) is 0 Å². The van der Waals surface area contributed by atoms with Crippen molar-refractivity contribution in [3.63, 3.8) is 0 Å². The average molecular weight is 272 g/mol. The molecule has 1 aromatic heterocycles. The molecule has 1 aliphatic rings. The van der Waals surface area contributed by atoms with Gasteiger partial charge in [-0.05, 0) is 25.0 Å². The van der Waals surface area contributed by atoms with E-state index in [1.165, 1.54) is 19.3 Å². The Balaban J connectivity index is 1.92. The minimum Gasteiger partial charge on any atom is -0.478 e. The largest absolute Gasteiger partial charge is 0.478 e. The Kier molecular flexibility index (Phi) is 3.50. The molecule has 2 aromatic rings. The van der Waals surface area contributed by atoms with Gasteiger partial charge < -0.3 is 9.63 Å². The molecular formula is C15H16N2O3. The van der Waals surface area contributed by atoms with Crippen LogP contribution in [0.3, 0.4) is 0 Å². The topological polar surface area (TPSA) is 76.2 Å². The first-order valence-corrected chi connectivity index (χ1v) is 6.92. The number of carboxylic acids is 1. The Labute approximate surface area is 116 Å². The molecule has 5 nitrogen and oxygen atoms in total. The summed E-state index contributed by atoms with van der Waals surface area (Å²) < 4.78 is 5.27. The number of benzene rings is 1. The van der Waals surface area contributed by atoms with Gasteiger partial charge in [0.05, 0.1) is 11.1 Å². The molecule has 1 aromatic carbocycles. The van der Waals surface area contributed by atoms with Crippen LogP contribution in [0.15, 0.2) is 28.8 Å². The van der Waals surface area contributed by atoms with Gasteiger partial charge in [-0.15, -0.1) is 0 Å². The van der Waals surface area contributed by atoms with Crippen molar-refractivity contribution in [1.82, 2.24) is 10.1 Å². The van der Waals surface area contributed by atoms with Gasteiger partial charge in [-0.1, -0.05) is 36.6 Å². The van der Waals surface area contributed by atoms with E-state index in [0.29, 0.717) is 23.2 Å². The summed E-state index contributed by atoms with van der Waals surface area (Å²) in [6.45, 7) is 0. The van der Waals surface area contributed by atoms with E-state index in [1.807, 2.05) is 0 Å². The molecule has 1 heterocycles. The first-order valence-electron chi connectivity index (χ1n) is 6.92. The van der Waals surface area contributed by atoms with E-state index >= 15 is 0 Å². The number of nitrogens with zero attached hydrogens (tertiary/aromatic N) is 2. The molecule has 0 amide bonds. The molecule has 1 fully saturated rings. The van der Waals surface area contributed by atoms with Crippen molar-refractivity contribution >= 4 is 5.97 Å². The fourth-order valence-corrected chi connectivity index (χ4v) is 2.73. The summed E-state index contributed by atoms with van der Waals surface area (Å²) in [5.41, 5.74) is 0.668. The lowest BCUT2D eigenvalue weighted by Gasteiger charge is -2.17. The van der Waals surface area contributed by atoms with E-state index in [4.69, 9.17) is 4.52 Å². The number of aromatic carboxylic acids is 1. The van der Waals surface area contributed by atoms with Crippen LogP contribution in [0, 0.1) is 0 Å². The number of aromatic nitrogens is 2. The molecule has 0 atom stereocenters. The second-order valence-corrected chi connectivity index (χ2v) is 5.14. The standard InChI is InChI=1S/C15H16N2O3/c18-15(19)12-9-5-4-8-11(12)14-16-13(17-20-14)10-6-2-1-3-7-10/h4-5,8-10H,1-3,6-7H2,(H,18,19). The third-order valence-corrected chi connectivity index (χ3v) is 3.80. The molecule has 0 unspecified atom stereocenters. The van der Waals surface area contributed by atoms with Gasteiger partial charge in [0, 0.05) is 5.92 Å². The van der Waals surface area contributed by atoms with Crippen LogP contribution >= 0.6 is 0 Å². The molecular weight excluding hydrogens is 256 g/mol. The summed E-state index contributed by atoms with van der Waals surface area (Å²) in [5, 5.41) is 13.2.